The van der Waals surface area contributed by atoms with Gasteiger partial charge in [0.15, 0.2) is 0 Å². The average molecular weight is 362 g/mol. The third-order valence-corrected chi connectivity index (χ3v) is 6.45. The van der Waals surface area contributed by atoms with Crippen molar-refractivity contribution in [3.8, 4) is 0 Å². The predicted molar refractivity (Wildman–Crippen MR) is 96.4 cm³/mol. The zero-order chi connectivity index (χ0) is 17.7. The van der Waals surface area contributed by atoms with Crippen LogP contribution in [0.1, 0.15) is 12.0 Å². The molecular formula is C19H23FN2O2S. The number of hydrogen-bond acceptors (Lipinski definition) is 3. The van der Waals surface area contributed by atoms with Crippen molar-refractivity contribution in [1.29, 1.82) is 0 Å². The van der Waals surface area contributed by atoms with Crippen molar-refractivity contribution in [3.05, 3.63) is 66.0 Å². The average Bonchev–Trinajstić information content (AvgIpc) is 2.63. The molecule has 1 heterocycles. The van der Waals surface area contributed by atoms with Crippen LogP contribution in [0.3, 0.4) is 0 Å². The highest BCUT2D eigenvalue weighted by Gasteiger charge is 2.27. The number of halogens is 1. The largest absolute Gasteiger partial charge is 0.301 e. The van der Waals surface area contributed by atoms with E-state index in [9.17, 15) is 12.8 Å². The highest BCUT2D eigenvalue weighted by Crippen LogP contribution is 2.17. The summed E-state index contributed by atoms with van der Waals surface area (Å²) in [5, 5.41) is 0. The Labute approximate surface area is 148 Å². The number of nitrogens with zero attached hydrogens (tertiary/aromatic N) is 2. The van der Waals surface area contributed by atoms with Crippen molar-refractivity contribution in [3.63, 3.8) is 0 Å². The molecule has 0 N–H and O–H groups in total. The number of rotatable bonds is 6. The van der Waals surface area contributed by atoms with Crippen molar-refractivity contribution in [2.24, 2.45) is 0 Å². The summed E-state index contributed by atoms with van der Waals surface area (Å²) in [6.07, 6.45) is 1.77. The first-order valence-electron chi connectivity index (χ1n) is 8.58. The monoisotopic (exact) mass is 362 g/mol. The Morgan fingerprint density at radius 2 is 1.64 bits per heavy atom. The second-order valence-electron chi connectivity index (χ2n) is 6.29. The van der Waals surface area contributed by atoms with Crippen LogP contribution in [0, 0.1) is 5.82 Å². The summed E-state index contributed by atoms with van der Waals surface area (Å²) in [4.78, 5) is 2.63. The molecule has 4 nitrogen and oxygen atoms in total. The van der Waals surface area contributed by atoms with E-state index in [0.29, 0.717) is 18.0 Å². The van der Waals surface area contributed by atoms with E-state index in [1.165, 1.54) is 6.07 Å². The van der Waals surface area contributed by atoms with Gasteiger partial charge in [-0.05, 0) is 49.2 Å². The van der Waals surface area contributed by atoms with E-state index in [4.69, 9.17) is 0 Å². The summed E-state index contributed by atoms with van der Waals surface area (Å²) in [6.45, 7) is 3.38. The molecule has 2 aromatic carbocycles. The summed E-state index contributed by atoms with van der Waals surface area (Å²) in [7, 11) is -3.39. The molecule has 0 unspecified atom stereocenters. The maximum Gasteiger partial charge on any atom is 0.243 e. The van der Waals surface area contributed by atoms with Crippen LogP contribution in [0.2, 0.25) is 0 Å². The zero-order valence-corrected chi connectivity index (χ0v) is 15.0. The minimum atomic E-state index is -3.39. The normalized spacial score (nSPS) is 16.8. The number of sulfonamides is 1. The molecule has 3 rings (SSSR count). The summed E-state index contributed by atoms with van der Waals surface area (Å²) >= 11 is 0. The van der Waals surface area contributed by atoms with Crippen LogP contribution in [0.5, 0.6) is 0 Å². The lowest BCUT2D eigenvalue weighted by atomic mass is 10.1. The second-order valence-corrected chi connectivity index (χ2v) is 8.23. The van der Waals surface area contributed by atoms with E-state index >= 15 is 0 Å². The third kappa shape index (κ3) is 4.66. The van der Waals surface area contributed by atoms with Crippen LogP contribution in [0.25, 0.3) is 0 Å². The second kappa shape index (κ2) is 8.08. The predicted octanol–water partition coefficient (Wildman–Crippen LogP) is 2.76. The summed E-state index contributed by atoms with van der Waals surface area (Å²) in [5.74, 6) is -0.197. The topological polar surface area (TPSA) is 40.6 Å². The minimum absolute atomic E-state index is 0.197. The van der Waals surface area contributed by atoms with Gasteiger partial charge in [0.25, 0.3) is 0 Å². The Bertz CT molecular complexity index is 788. The van der Waals surface area contributed by atoms with Gasteiger partial charge in [-0.25, -0.2) is 12.8 Å². The molecule has 0 spiro atoms. The molecule has 1 aliphatic rings. The molecule has 0 amide bonds. The molecule has 1 aliphatic heterocycles. The molecule has 6 heteroatoms. The molecule has 25 heavy (non-hydrogen) atoms. The molecule has 1 saturated heterocycles. The van der Waals surface area contributed by atoms with Gasteiger partial charge in [-0.15, -0.1) is 0 Å². The standard InChI is InChI=1S/C19H23FN2O2S/c20-18-8-4-6-17(16-18)7-5-11-21-12-14-22(15-13-21)25(23,24)19-9-2-1-3-10-19/h1-4,6,8-10,16H,5,7,11-15H2. The summed E-state index contributed by atoms with van der Waals surface area (Å²) < 4.78 is 39.9. The fourth-order valence-electron chi connectivity index (χ4n) is 3.13. The maximum absolute atomic E-state index is 13.2. The first-order chi connectivity index (χ1) is 12.1. The molecule has 0 aliphatic carbocycles. The van der Waals surface area contributed by atoms with Crippen molar-refractivity contribution in [2.75, 3.05) is 32.7 Å². The van der Waals surface area contributed by atoms with E-state index in [1.807, 2.05) is 12.1 Å². The van der Waals surface area contributed by atoms with E-state index in [1.54, 1.807) is 40.7 Å². The maximum atomic E-state index is 13.2. The van der Waals surface area contributed by atoms with Crippen LogP contribution in [-0.4, -0.2) is 50.3 Å². The Morgan fingerprint density at radius 1 is 0.920 bits per heavy atom. The highest BCUT2D eigenvalue weighted by molar-refractivity contribution is 7.89. The SMILES string of the molecule is O=S(=O)(c1ccccc1)N1CCN(CCCc2cccc(F)c2)CC1. The van der Waals surface area contributed by atoms with Crippen LogP contribution >= 0.6 is 0 Å². The van der Waals surface area contributed by atoms with Crippen molar-refractivity contribution < 1.29 is 12.8 Å². The molecule has 134 valence electrons. The van der Waals surface area contributed by atoms with Crippen molar-refractivity contribution in [1.82, 2.24) is 9.21 Å². The van der Waals surface area contributed by atoms with E-state index in [0.717, 1.165) is 38.0 Å². The van der Waals surface area contributed by atoms with Gasteiger partial charge in [-0.1, -0.05) is 30.3 Å². The Morgan fingerprint density at radius 3 is 2.32 bits per heavy atom. The van der Waals surface area contributed by atoms with Gasteiger partial charge in [-0.2, -0.15) is 4.31 Å². The van der Waals surface area contributed by atoms with Crippen molar-refractivity contribution in [2.45, 2.75) is 17.7 Å². The van der Waals surface area contributed by atoms with Crippen molar-refractivity contribution >= 4 is 10.0 Å². The van der Waals surface area contributed by atoms with E-state index < -0.39 is 10.0 Å². The van der Waals surface area contributed by atoms with Crippen LogP contribution in [0.4, 0.5) is 4.39 Å². The van der Waals surface area contributed by atoms with E-state index in [-0.39, 0.29) is 5.82 Å². The summed E-state index contributed by atoms with van der Waals surface area (Å²) in [6, 6.07) is 15.3. The fourth-order valence-corrected chi connectivity index (χ4v) is 4.58. The molecule has 0 saturated carbocycles. The molecular weight excluding hydrogens is 339 g/mol. The van der Waals surface area contributed by atoms with Crippen LogP contribution in [0.15, 0.2) is 59.5 Å². The van der Waals surface area contributed by atoms with Gasteiger partial charge in [-0.3, -0.25) is 0 Å². The lowest BCUT2D eigenvalue weighted by Crippen LogP contribution is -2.48. The lowest BCUT2D eigenvalue weighted by molar-refractivity contribution is 0.187. The highest BCUT2D eigenvalue weighted by atomic mass is 32.2. The smallest absolute Gasteiger partial charge is 0.243 e. The molecule has 1 fully saturated rings. The van der Waals surface area contributed by atoms with Gasteiger partial charge in [0.05, 0.1) is 4.90 Å². The first-order valence-corrected chi connectivity index (χ1v) is 10.0. The van der Waals surface area contributed by atoms with Gasteiger partial charge in [0, 0.05) is 26.2 Å². The van der Waals surface area contributed by atoms with Crippen LogP contribution in [-0.2, 0) is 16.4 Å². The number of piperazine rings is 1. The van der Waals surface area contributed by atoms with Gasteiger partial charge < -0.3 is 4.90 Å². The Kier molecular flexibility index (Phi) is 5.83. The number of aryl methyl sites for hydroxylation is 1. The molecule has 0 bridgehead atoms. The number of hydrogen-bond donors (Lipinski definition) is 0. The molecule has 0 radical (unpaired) electrons. The lowest BCUT2D eigenvalue weighted by Gasteiger charge is -2.34. The molecule has 2 aromatic rings. The van der Waals surface area contributed by atoms with Gasteiger partial charge >= 0.3 is 0 Å². The van der Waals surface area contributed by atoms with Gasteiger partial charge in [0.1, 0.15) is 5.82 Å². The third-order valence-electron chi connectivity index (χ3n) is 4.54. The molecule has 0 aromatic heterocycles. The zero-order valence-electron chi connectivity index (χ0n) is 14.1. The molecule has 0 atom stereocenters. The fraction of sp³-hybridized carbons (Fsp3) is 0.368. The van der Waals surface area contributed by atoms with E-state index in [2.05, 4.69) is 4.90 Å². The number of benzene rings is 2. The summed E-state index contributed by atoms with van der Waals surface area (Å²) in [5.41, 5.74) is 1.00. The van der Waals surface area contributed by atoms with Gasteiger partial charge in [0.2, 0.25) is 10.0 Å². The van der Waals surface area contributed by atoms with Crippen LogP contribution < -0.4 is 0 Å². The Balaban J connectivity index is 1.47. The first kappa shape index (κ1) is 18.0. The quantitative estimate of drug-likeness (QED) is 0.793. The minimum Gasteiger partial charge on any atom is -0.301 e. The Hall–Kier alpha value is -1.76.